The third-order valence-corrected chi connectivity index (χ3v) is 6.99. The van der Waals surface area contributed by atoms with Gasteiger partial charge in [0.2, 0.25) is 0 Å². The number of carboxylic acids is 1. The van der Waals surface area contributed by atoms with Crippen molar-refractivity contribution < 1.29 is 50.9 Å². The number of nitrogens with zero attached hydrogens (tertiary/aromatic N) is 2. The summed E-state index contributed by atoms with van der Waals surface area (Å²) < 4.78 is 90.5. The molecule has 0 bridgehead atoms. The van der Waals surface area contributed by atoms with Crippen molar-refractivity contribution in [2.45, 2.75) is 39.3 Å². The number of benzene rings is 2. The average Bonchev–Trinajstić information content (AvgIpc) is 3.43. The zero-order valence-electron chi connectivity index (χ0n) is 22.9. The molecule has 0 aliphatic rings. The molecule has 0 aliphatic carbocycles. The van der Waals surface area contributed by atoms with Crippen LogP contribution in [-0.4, -0.2) is 44.5 Å². The van der Waals surface area contributed by atoms with Gasteiger partial charge in [-0.15, -0.1) is 0 Å². The van der Waals surface area contributed by atoms with E-state index in [9.17, 15) is 46.1 Å². The van der Waals surface area contributed by atoms with E-state index in [2.05, 4.69) is 0 Å². The van der Waals surface area contributed by atoms with Crippen molar-refractivity contribution in [1.82, 2.24) is 9.13 Å². The number of ether oxygens (including phenoxy) is 1. The van der Waals surface area contributed by atoms with Gasteiger partial charge in [0.25, 0.3) is 0 Å². The monoisotopic (exact) mass is 608 g/mol. The largest absolute Gasteiger partial charge is 0.478 e. The quantitative estimate of drug-likeness (QED) is 0.161. The SMILES string of the molecule is Cc1c(C(=O)O)cn(CCOC(=O)c2cn(CCO)c(-c3ccccc3C(F)(F)F)c2C)c1-c1ccccc1C(F)(F)F. The predicted molar refractivity (Wildman–Crippen MR) is 144 cm³/mol. The van der Waals surface area contributed by atoms with Gasteiger partial charge in [-0.25, -0.2) is 9.59 Å². The molecule has 7 nitrogen and oxygen atoms in total. The average molecular weight is 609 g/mol. The molecule has 0 radical (unpaired) electrons. The Hall–Kier alpha value is -4.52. The van der Waals surface area contributed by atoms with Crippen molar-refractivity contribution in [2.75, 3.05) is 13.2 Å². The summed E-state index contributed by atoms with van der Waals surface area (Å²) >= 11 is 0. The highest BCUT2D eigenvalue weighted by Crippen LogP contribution is 2.41. The first-order chi connectivity index (χ1) is 20.2. The Bertz CT molecular complexity index is 1670. The summed E-state index contributed by atoms with van der Waals surface area (Å²) in [4.78, 5) is 24.9. The molecule has 2 aromatic heterocycles. The number of halogens is 6. The summed E-state index contributed by atoms with van der Waals surface area (Å²) in [5, 5.41) is 19.1. The lowest BCUT2D eigenvalue weighted by molar-refractivity contribution is -0.137. The second-order valence-electron chi connectivity index (χ2n) is 9.67. The van der Waals surface area contributed by atoms with E-state index >= 15 is 0 Å². The number of aliphatic hydroxyl groups is 1. The molecule has 2 N–H and O–H groups in total. The van der Waals surface area contributed by atoms with E-state index in [1.807, 2.05) is 0 Å². The van der Waals surface area contributed by atoms with Crippen LogP contribution in [0, 0.1) is 13.8 Å². The van der Waals surface area contributed by atoms with E-state index in [4.69, 9.17) is 4.74 Å². The third-order valence-electron chi connectivity index (χ3n) is 6.99. The number of hydrogen-bond donors (Lipinski definition) is 2. The molecule has 228 valence electrons. The van der Waals surface area contributed by atoms with Crippen molar-refractivity contribution in [3.8, 4) is 22.5 Å². The molecule has 0 aliphatic heterocycles. The van der Waals surface area contributed by atoms with Crippen LogP contribution in [0.4, 0.5) is 26.3 Å². The van der Waals surface area contributed by atoms with Crippen LogP contribution in [0.5, 0.6) is 0 Å². The second kappa shape index (κ2) is 12.0. The number of esters is 1. The summed E-state index contributed by atoms with van der Waals surface area (Å²) in [6, 6.07) is 9.49. The van der Waals surface area contributed by atoms with Crippen LogP contribution >= 0.6 is 0 Å². The van der Waals surface area contributed by atoms with E-state index in [1.54, 1.807) is 0 Å². The number of rotatable bonds is 9. The van der Waals surface area contributed by atoms with Gasteiger partial charge in [-0.1, -0.05) is 36.4 Å². The smallest absolute Gasteiger partial charge is 0.417 e. The number of aliphatic hydroxyl groups excluding tert-OH is 1. The summed E-state index contributed by atoms with van der Waals surface area (Å²) in [6.07, 6.45) is -6.99. The fraction of sp³-hybridized carbons (Fsp3) is 0.267. The minimum Gasteiger partial charge on any atom is -0.478 e. The fourth-order valence-electron chi connectivity index (χ4n) is 5.10. The molecule has 0 unspecified atom stereocenters. The molecule has 43 heavy (non-hydrogen) atoms. The van der Waals surface area contributed by atoms with Crippen molar-refractivity contribution in [3.05, 3.63) is 94.3 Å². The highest BCUT2D eigenvalue weighted by Gasteiger charge is 2.36. The molecule has 4 aromatic rings. The van der Waals surface area contributed by atoms with Gasteiger partial charge in [-0.05, 0) is 37.1 Å². The lowest BCUT2D eigenvalue weighted by Crippen LogP contribution is -2.13. The van der Waals surface area contributed by atoms with Crippen molar-refractivity contribution in [3.63, 3.8) is 0 Å². The van der Waals surface area contributed by atoms with Crippen molar-refractivity contribution >= 4 is 11.9 Å². The van der Waals surface area contributed by atoms with E-state index in [0.717, 1.165) is 18.3 Å². The number of carbonyl (C=O) groups is 2. The molecule has 0 atom stereocenters. The maximum absolute atomic E-state index is 13.8. The number of carbonyl (C=O) groups excluding carboxylic acids is 1. The molecular formula is C30H26F6N2O5. The molecular weight excluding hydrogens is 582 g/mol. The summed E-state index contributed by atoms with van der Waals surface area (Å²) in [6.45, 7) is 1.66. The highest BCUT2D eigenvalue weighted by molar-refractivity contribution is 5.94. The van der Waals surface area contributed by atoms with E-state index < -0.39 is 48.6 Å². The van der Waals surface area contributed by atoms with Gasteiger partial charge in [0.15, 0.2) is 0 Å². The van der Waals surface area contributed by atoms with E-state index in [1.165, 1.54) is 65.6 Å². The van der Waals surface area contributed by atoms with Gasteiger partial charge in [-0.2, -0.15) is 26.3 Å². The highest BCUT2D eigenvalue weighted by atomic mass is 19.4. The van der Waals surface area contributed by atoms with Crippen LogP contribution in [0.15, 0.2) is 60.9 Å². The Morgan fingerprint density at radius 2 is 1.19 bits per heavy atom. The molecule has 0 fully saturated rings. The molecule has 4 rings (SSSR count). The number of hydrogen-bond acceptors (Lipinski definition) is 4. The molecule has 0 amide bonds. The van der Waals surface area contributed by atoms with E-state index in [-0.39, 0.29) is 57.9 Å². The van der Waals surface area contributed by atoms with Crippen LogP contribution in [0.2, 0.25) is 0 Å². The molecule has 2 heterocycles. The number of aromatic nitrogens is 2. The first-order valence-corrected chi connectivity index (χ1v) is 12.9. The second-order valence-corrected chi connectivity index (χ2v) is 9.67. The Labute approximate surface area is 241 Å². The molecule has 0 saturated carbocycles. The maximum Gasteiger partial charge on any atom is 0.417 e. The Kier molecular flexibility index (Phi) is 8.76. The van der Waals surface area contributed by atoms with Crippen molar-refractivity contribution in [2.24, 2.45) is 0 Å². The Balaban J connectivity index is 1.66. The van der Waals surface area contributed by atoms with Gasteiger partial charge >= 0.3 is 24.3 Å². The summed E-state index contributed by atoms with van der Waals surface area (Å²) in [5.74, 6) is -2.27. The van der Waals surface area contributed by atoms with E-state index in [0.29, 0.717) is 0 Å². The Morgan fingerprint density at radius 3 is 1.65 bits per heavy atom. The van der Waals surface area contributed by atoms with Crippen LogP contribution in [0.25, 0.3) is 22.5 Å². The molecule has 0 spiro atoms. The van der Waals surface area contributed by atoms with Gasteiger partial charge in [0.05, 0.1) is 46.8 Å². The zero-order chi connectivity index (χ0) is 31.7. The number of aromatic carboxylic acids is 1. The zero-order valence-corrected chi connectivity index (χ0v) is 22.9. The molecule has 2 aromatic carbocycles. The van der Waals surface area contributed by atoms with Gasteiger partial charge < -0.3 is 24.1 Å². The lowest BCUT2D eigenvalue weighted by Gasteiger charge is -2.16. The van der Waals surface area contributed by atoms with Gasteiger partial charge in [-0.3, -0.25) is 0 Å². The van der Waals surface area contributed by atoms with Crippen molar-refractivity contribution in [1.29, 1.82) is 0 Å². The predicted octanol–water partition coefficient (Wildman–Crippen LogP) is 6.83. The van der Waals surface area contributed by atoms with Crippen LogP contribution in [0.3, 0.4) is 0 Å². The summed E-state index contributed by atoms with van der Waals surface area (Å²) in [5.41, 5.74) is -2.36. The first kappa shape index (κ1) is 31.4. The molecule has 0 saturated heterocycles. The number of alkyl halides is 6. The molecule has 13 heteroatoms. The van der Waals surface area contributed by atoms with Crippen LogP contribution in [0.1, 0.15) is 43.0 Å². The fourth-order valence-corrected chi connectivity index (χ4v) is 5.10. The number of carboxylic acid groups (broad SMARTS) is 1. The third kappa shape index (κ3) is 6.31. The maximum atomic E-state index is 13.8. The van der Waals surface area contributed by atoms with Crippen LogP contribution in [-0.2, 0) is 30.2 Å². The normalized spacial score (nSPS) is 12.0. The van der Waals surface area contributed by atoms with Gasteiger partial charge in [0.1, 0.15) is 6.61 Å². The van der Waals surface area contributed by atoms with Gasteiger partial charge in [0, 0.05) is 30.1 Å². The lowest BCUT2D eigenvalue weighted by atomic mass is 10.00. The van der Waals surface area contributed by atoms with Crippen LogP contribution < -0.4 is 0 Å². The minimum absolute atomic E-state index is 0.0160. The standard InChI is InChI=1S/C30H26F6N2O5/c1-17-21(27(40)41)15-38(25(17)19-7-3-5-9-23(19)29(31,32)33)12-14-43-28(42)22-16-37(11-13-39)26(18(22)2)20-8-4-6-10-24(20)30(34,35)36/h3-10,15-16,39H,11-14H2,1-2H3,(H,40,41). The Morgan fingerprint density at radius 1 is 0.744 bits per heavy atom. The first-order valence-electron chi connectivity index (χ1n) is 12.9. The minimum atomic E-state index is -4.73. The summed E-state index contributed by atoms with van der Waals surface area (Å²) in [7, 11) is 0. The topological polar surface area (TPSA) is 93.7 Å².